The molecule has 0 saturated carbocycles. The molecule has 1 N–H and O–H groups in total. The lowest BCUT2D eigenvalue weighted by Crippen LogP contribution is -2.16. The minimum Gasteiger partial charge on any atom is -0.386 e. The summed E-state index contributed by atoms with van der Waals surface area (Å²) in [5, 5.41) is 13.0. The van der Waals surface area contributed by atoms with Crippen molar-refractivity contribution in [2.24, 2.45) is 0 Å². The molecule has 3 aromatic rings. The van der Waals surface area contributed by atoms with Crippen LogP contribution in [0.2, 0.25) is 0 Å². The summed E-state index contributed by atoms with van der Waals surface area (Å²) >= 11 is 0. The maximum absolute atomic E-state index is 10.1. The Hall–Kier alpha value is -1.95. The van der Waals surface area contributed by atoms with E-state index in [1.807, 2.05) is 26.0 Å². The van der Waals surface area contributed by atoms with Crippen molar-refractivity contribution >= 4 is 18.5 Å². The predicted molar refractivity (Wildman–Crippen MR) is 109 cm³/mol. The largest absolute Gasteiger partial charge is 0.386 e. The van der Waals surface area contributed by atoms with Gasteiger partial charge in [-0.1, -0.05) is 84.9 Å². The van der Waals surface area contributed by atoms with Gasteiger partial charge in [0.15, 0.2) is 0 Å². The molecule has 0 radical (unpaired) electrons. The van der Waals surface area contributed by atoms with E-state index < -0.39 is 5.60 Å². The first kappa shape index (κ1) is 17.9. The van der Waals surface area contributed by atoms with Gasteiger partial charge in [-0.15, -0.1) is 0 Å². The van der Waals surface area contributed by atoms with Crippen LogP contribution in [0.4, 0.5) is 0 Å². The van der Waals surface area contributed by atoms with Gasteiger partial charge in [-0.3, -0.25) is 0 Å². The van der Waals surface area contributed by atoms with Crippen molar-refractivity contribution in [2.75, 3.05) is 6.16 Å². The van der Waals surface area contributed by atoms with Crippen molar-refractivity contribution in [1.29, 1.82) is 0 Å². The molecule has 3 rings (SSSR count). The standard InChI is InChI=1S/C23H25OP/c1-23(2,24)20-15-13-19(14-16-20)17-18-25(21-9-5-3-6-10-21)22-11-7-4-8-12-22/h3-16,24H,17-18H2,1-2H3. The lowest BCUT2D eigenvalue weighted by molar-refractivity contribution is 0.0786. The summed E-state index contributed by atoms with van der Waals surface area (Å²) in [5.41, 5.74) is 1.51. The second kappa shape index (κ2) is 7.95. The number of hydrogen-bond donors (Lipinski definition) is 1. The van der Waals surface area contributed by atoms with E-state index in [1.165, 1.54) is 16.2 Å². The van der Waals surface area contributed by atoms with Crippen LogP contribution in [-0.2, 0) is 12.0 Å². The van der Waals surface area contributed by atoms with Crippen molar-refractivity contribution in [2.45, 2.75) is 25.9 Å². The fourth-order valence-electron chi connectivity index (χ4n) is 2.94. The summed E-state index contributed by atoms with van der Waals surface area (Å²) in [6, 6.07) is 30.1. The molecular weight excluding hydrogens is 323 g/mol. The number of benzene rings is 3. The van der Waals surface area contributed by atoms with Crippen molar-refractivity contribution < 1.29 is 5.11 Å². The third-order valence-corrected chi connectivity index (χ3v) is 6.93. The third kappa shape index (κ3) is 4.78. The summed E-state index contributed by atoms with van der Waals surface area (Å²) in [4.78, 5) is 0. The Labute approximate surface area is 152 Å². The minimum absolute atomic E-state index is 0.354. The smallest absolute Gasteiger partial charge is 0.0840 e. The second-order valence-corrected chi connectivity index (χ2v) is 9.16. The van der Waals surface area contributed by atoms with Crippen molar-refractivity contribution in [3.05, 3.63) is 96.1 Å². The van der Waals surface area contributed by atoms with Crippen LogP contribution in [0.15, 0.2) is 84.9 Å². The van der Waals surface area contributed by atoms with Crippen molar-refractivity contribution in [3.63, 3.8) is 0 Å². The van der Waals surface area contributed by atoms with E-state index in [9.17, 15) is 5.11 Å². The molecule has 128 valence electrons. The Morgan fingerprint density at radius 2 is 1.20 bits per heavy atom. The molecule has 0 heterocycles. The molecule has 1 nitrogen and oxygen atoms in total. The van der Waals surface area contributed by atoms with Crippen LogP contribution in [0, 0.1) is 0 Å². The molecule has 0 aliphatic carbocycles. The van der Waals surface area contributed by atoms with E-state index in [4.69, 9.17) is 0 Å². The zero-order valence-corrected chi connectivity index (χ0v) is 15.8. The summed E-state index contributed by atoms with van der Waals surface area (Å²) in [7, 11) is -0.354. The van der Waals surface area contributed by atoms with Crippen LogP contribution in [0.3, 0.4) is 0 Å². The highest BCUT2D eigenvalue weighted by Crippen LogP contribution is 2.34. The fraction of sp³-hybridized carbons (Fsp3) is 0.217. The molecule has 0 aliphatic heterocycles. The van der Waals surface area contributed by atoms with Gasteiger partial charge >= 0.3 is 0 Å². The fourth-order valence-corrected chi connectivity index (χ4v) is 5.30. The molecule has 0 fully saturated rings. The summed E-state index contributed by atoms with van der Waals surface area (Å²) in [5.74, 6) is 0. The minimum atomic E-state index is -0.779. The van der Waals surface area contributed by atoms with Crippen LogP contribution in [0.1, 0.15) is 25.0 Å². The van der Waals surface area contributed by atoms with Gasteiger partial charge in [-0.2, -0.15) is 0 Å². The Balaban J connectivity index is 1.77. The summed E-state index contributed by atoms with van der Waals surface area (Å²) < 4.78 is 0. The predicted octanol–water partition coefficient (Wildman–Crippen LogP) is 4.59. The van der Waals surface area contributed by atoms with E-state index in [0.717, 1.165) is 18.1 Å². The van der Waals surface area contributed by atoms with Gasteiger partial charge in [-0.05, 0) is 56.1 Å². The Bertz CT molecular complexity index is 734. The summed E-state index contributed by atoms with van der Waals surface area (Å²) in [6.45, 7) is 3.65. The molecule has 0 bridgehead atoms. The quantitative estimate of drug-likeness (QED) is 0.646. The number of hydrogen-bond acceptors (Lipinski definition) is 1. The number of aryl methyl sites for hydroxylation is 1. The maximum atomic E-state index is 10.1. The van der Waals surface area contributed by atoms with Gasteiger partial charge in [0, 0.05) is 0 Å². The van der Waals surface area contributed by atoms with E-state index >= 15 is 0 Å². The van der Waals surface area contributed by atoms with Gasteiger partial charge in [-0.25, -0.2) is 0 Å². The zero-order valence-electron chi connectivity index (χ0n) is 14.9. The Morgan fingerprint density at radius 3 is 1.64 bits per heavy atom. The van der Waals surface area contributed by atoms with Crippen LogP contribution in [0.25, 0.3) is 0 Å². The zero-order chi connectivity index (χ0) is 17.7. The monoisotopic (exact) mass is 348 g/mol. The maximum Gasteiger partial charge on any atom is 0.0840 e. The van der Waals surface area contributed by atoms with Crippen molar-refractivity contribution in [3.8, 4) is 0 Å². The number of rotatable bonds is 6. The highest BCUT2D eigenvalue weighted by molar-refractivity contribution is 7.73. The van der Waals surface area contributed by atoms with Gasteiger partial charge in [0.2, 0.25) is 0 Å². The van der Waals surface area contributed by atoms with E-state index in [0.29, 0.717) is 0 Å². The molecule has 0 saturated heterocycles. The molecule has 3 aromatic carbocycles. The van der Waals surface area contributed by atoms with Gasteiger partial charge < -0.3 is 5.11 Å². The van der Waals surface area contributed by atoms with Crippen molar-refractivity contribution in [1.82, 2.24) is 0 Å². The molecule has 0 aromatic heterocycles. The normalized spacial score (nSPS) is 11.7. The van der Waals surface area contributed by atoms with Crippen LogP contribution in [0.5, 0.6) is 0 Å². The van der Waals surface area contributed by atoms with Crippen LogP contribution >= 0.6 is 7.92 Å². The average Bonchev–Trinajstić information content (AvgIpc) is 2.63. The molecule has 0 spiro atoms. The van der Waals surface area contributed by atoms with E-state index in [2.05, 4.69) is 72.8 Å². The van der Waals surface area contributed by atoms with E-state index in [1.54, 1.807) is 0 Å². The van der Waals surface area contributed by atoms with Gasteiger partial charge in [0.25, 0.3) is 0 Å². The Morgan fingerprint density at radius 1 is 0.720 bits per heavy atom. The lowest BCUT2D eigenvalue weighted by atomic mass is 9.97. The summed E-state index contributed by atoms with van der Waals surface area (Å²) in [6.07, 6.45) is 2.17. The van der Waals surface area contributed by atoms with E-state index in [-0.39, 0.29) is 7.92 Å². The first-order chi connectivity index (χ1) is 12.0. The van der Waals surface area contributed by atoms with Gasteiger partial charge in [0.1, 0.15) is 0 Å². The number of aliphatic hydroxyl groups is 1. The third-order valence-electron chi connectivity index (χ3n) is 4.42. The van der Waals surface area contributed by atoms with Gasteiger partial charge in [0.05, 0.1) is 5.60 Å². The molecular formula is C23H25OP. The molecule has 0 aliphatic rings. The first-order valence-electron chi connectivity index (χ1n) is 8.73. The molecule has 0 unspecified atom stereocenters. The average molecular weight is 348 g/mol. The Kier molecular flexibility index (Phi) is 5.68. The molecule has 0 atom stereocenters. The van der Waals surface area contributed by atoms with Crippen LogP contribution in [-0.4, -0.2) is 11.3 Å². The topological polar surface area (TPSA) is 20.2 Å². The SMILES string of the molecule is CC(C)(O)c1ccc(CCP(c2ccccc2)c2ccccc2)cc1. The first-order valence-corrected chi connectivity index (χ1v) is 10.3. The molecule has 0 amide bonds. The van der Waals surface area contributed by atoms with Crippen LogP contribution < -0.4 is 10.6 Å². The highest BCUT2D eigenvalue weighted by atomic mass is 31.1. The second-order valence-electron chi connectivity index (χ2n) is 6.83. The highest BCUT2D eigenvalue weighted by Gasteiger charge is 2.16. The molecule has 25 heavy (non-hydrogen) atoms. The molecule has 2 heteroatoms. The lowest BCUT2D eigenvalue weighted by Gasteiger charge is -2.20.